The van der Waals surface area contributed by atoms with E-state index in [2.05, 4.69) is 4.98 Å². The van der Waals surface area contributed by atoms with Gasteiger partial charge in [0.15, 0.2) is 0 Å². The van der Waals surface area contributed by atoms with Gasteiger partial charge in [-0.05, 0) is 45.0 Å². The van der Waals surface area contributed by atoms with Crippen molar-refractivity contribution in [1.82, 2.24) is 9.38 Å². The molecule has 0 bridgehead atoms. The Morgan fingerprint density at radius 3 is 2.56 bits per heavy atom. The molecule has 0 saturated heterocycles. The summed E-state index contributed by atoms with van der Waals surface area (Å²) in [7, 11) is 0. The number of carbonyl (C=O) groups excluding carboxylic acids is 1. The SMILES string of the molecule is CC(C)(C)OC(=O)c1ccc2nc(-c3cccc(C(=O)O)c3)c(CN)n2c1. The highest BCUT2D eigenvalue weighted by molar-refractivity contribution is 5.90. The highest BCUT2D eigenvalue weighted by Crippen LogP contribution is 2.26. The van der Waals surface area contributed by atoms with Gasteiger partial charge in [0.25, 0.3) is 0 Å². The maximum Gasteiger partial charge on any atom is 0.340 e. The Labute approximate surface area is 156 Å². The molecule has 0 aliphatic carbocycles. The van der Waals surface area contributed by atoms with Crippen LogP contribution in [0.15, 0.2) is 42.6 Å². The molecule has 0 radical (unpaired) electrons. The number of benzene rings is 1. The van der Waals surface area contributed by atoms with Gasteiger partial charge in [0, 0.05) is 18.3 Å². The topological polar surface area (TPSA) is 107 Å². The first-order chi connectivity index (χ1) is 12.7. The van der Waals surface area contributed by atoms with Gasteiger partial charge in [-0.1, -0.05) is 12.1 Å². The molecule has 0 spiro atoms. The van der Waals surface area contributed by atoms with Gasteiger partial charge in [0.1, 0.15) is 11.2 Å². The van der Waals surface area contributed by atoms with Crippen molar-refractivity contribution in [3.05, 3.63) is 59.4 Å². The minimum absolute atomic E-state index is 0.168. The summed E-state index contributed by atoms with van der Waals surface area (Å²) in [6, 6.07) is 9.87. The van der Waals surface area contributed by atoms with E-state index in [0.717, 1.165) is 0 Å². The zero-order valence-electron chi connectivity index (χ0n) is 15.4. The van der Waals surface area contributed by atoms with Crippen LogP contribution in [0.2, 0.25) is 0 Å². The lowest BCUT2D eigenvalue weighted by Crippen LogP contribution is -2.24. The van der Waals surface area contributed by atoms with Crippen LogP contribution in [0.5, 0.6) is 0 Å². The molecule has 0 aliphatic heterocycles. The Morgan fingerprint density at radius 2 is 1.93 bits per heavy atom. The number of aromatic nitrogens is 2. The number of carboxylic acid groups (broad SMARTS) is 1. The van der Waals surface area contributed by atoms with Crippen molar-refractivity contribution in [2.45, 2.75) is 32.9 Å². The van der Waals surface area contributed by atoms with Crippen molar-refractivity contribution in [2.24, 2.45) is 5.73 Å². The monoisotopic (exact) mass is 367 g/mol. The number of nitrogens with two attached hydrogens (primary N) is 1. The van der Waals surface area contributed by atoms with Gasteiger partial charge in [0.2, 0.25) is 0 Å². The first-order valence-corrected chi connectivity index (χ1v) is 8.48. The highest BCUT2D eigenvalue weighted by Gasteiger charge is 2.20. The number of rotatable bonds is 4. The lowest BCUT2D eigenvalue weighted by atomic mass is 10.1. The summed E-state index contributed by atoms with van der Waals surface area (Å²) in [5.74, 6) is -1.45. The third-order valence-electron chi connectivity index (χ3n) is 3.93. The molecule has 7 nitrogen and oxygen atoms in total. The summed E-state index contributed by atoms with van der Waals surface area (Å²) in [6.45, 7) is 5.59. The van der Waals surface area contributed by atoms with E-state index in [4.69, 9.17) is 10.5 Å². The number of hydrogen-bond acceptors (Lipinski definition) is 5. The van der Waals surface area contributed by atoms with E-state index in [-0.39, 0.29) is 12.1 Å². The minimum atomic E-state index is -1.01. The number of pyridine rings is 1. The van der Waals surface area contributed by atoms with Crippen LogP contribution < -0.4 is 5.73 Å². The fourth-order valence-corrected chi connectivity index (χ4v) is 2.78. The number of imidazole rings is 1. The zero-order chi connectivity index (χ0) is 19.8. The number of nitrogens with zero attached hydrogens (tertiary/aromatic N) is 2. The summed E-state index contributed by atoms with van der Waals surface area (Å²) >= 11 is 0. The van der Waals surface area contributed by atoms with E-state index in [0.29, 0.717) is 28.2 Å². The number of esters is 1. The van der Waals surface area contributed by atoms with Crippen LogP contribution in [0.4, 0.5) is 0 Å². The van der Waals surface area contributed by atoms with Crippen LogP contribution in [0.3, 0.4) is 0 Å². The average Bonchev–Trinajstić information content (AvgIpc) is 2.98. The summed E-state index contributed by atoms with van der Waals surface area (Å²) in [5.41, 5.74) is 8.41. The van der Waals surface area contributed by atoms with Crippen LogP contribution >= 0.6 is 0 Å². The molecule has 0 fully saturated rings. The second kappa shape index (κ2) is 6.85. The van der Waals surface area contributed by atoms with Gasteiger partial charge in [-0.15, -0.1) is 0 Å². The second-order valence-corrected chi connectivity index (χ2v) is 7.15. The number of hydrogen-bond donors (Lipinski definition) is 2. The van der Waals surface area contributed by atoms with Gasteiger partial charge in [-0.2, -0.15) is 0 Å². The second-order valence-electron chi connectivity index (χ2n) is 7.15. The van der Waals surface area contributed by atoms with Crippen molar-refractivity contribution in [3.63, 3.8) is 0 Å². The van der Waals surface area contributed by atoms with Gasteiger partial charge < -0.3 is 20.0 Å². The molecule has 0 amide bonds. The van der Waals surface area contributed by atoms with Crippen LogP contribution in [0, 0.1) is 0 Å². The highest BCUT2D eigenvalue weighted by atomic mass is 16.6. The van der Waals surface area contributed by atoms with Crippen LogP contribution in [0.1, 0.15) is 47.2 Å². The molecular formula is C20H21N3O4. The normalized spacial score (nSPS) is 11.6. The largest absolute Gasteiger partial charge is 0.478 e. The smallest absolute Gasteiger partial charge is 0.340 e. The van der Waals surface area contributed by atoms with E-state index in [1.54, 1.807) is 61.7 Å². The Kier molecular flexibility index (Phi) is 4.72. The molecule has 1 aromatic carbocycles. The van der Waals surface area contributed by atoms with Crippen LogP contribution in [-0.4, -0.2) is 32.0 Å². The molecule has 7 heteroatoms. The third kappa shape index (κ3) is 3.83. The lowest BCUT2D eigenvalue weighted by molar-refractivity contribution is 0.00687. The quantitative estimate of drug-likeness (QED) is 0.686. The molecule has 3 N–H and O–H groups in total. The number of aromatic carboxylic acids is 1. The van der Waals surface area contributed by atoms with Gasteiger partial charge in [-0.25, -0.2) is 14.6 Å². The Morgan fingerprint density at radius 1 is 1.19 bits per heavy atom. The summed E-state index contributed by atoms with van der Waals surface area (Å²) < 4.78 is 7.15. The molecule has 140 valence electrons. The molecular weight excluding hydrogens is 346 g/mol. The predicted molar refractivity (Wildman–Crippen MR) is 101 cm³/mol. The Bertz CT molecular complexity index is 1030. The van der Waals surface area contributed by atoms with Crippen LogP contribution in [0.25, 0.3) is 16.9 Å². The summed E-state index contributed by atoms with van der Waals surface area (Å²) in [5, 5.41) is 9.21. The maximum absolute atomic E-state index is 12.3. The van der Waals surface area contributed by atoms with Crippen molar-refractivity contribution in [1.29, 1.82) is 0 Å². The molecule has 0 unspecified atom stereocenters. The molecule has 3 rings (SSSR count). The molecule has 27 heavy (non-hydrogen) atoms. The number of carboxylic acids is 1. The third-order valence-corrected chi connectivity index (χ3v) is 3.93. The summed E-state index contributed by atoms with van der Waals surface area (Å²) in [4.78, 5) is 28.2. The minimum Gasteiger partial charge on any atom is -0.478 e. The van der Waals surface area contributed by atoms with Crippen molar-refractivity contribution < 1.29 is 19.4 Å². The number of fused-ring (bicyclic) bond motifs is 1. The Balaban J connectivity index is 2.10. The number of ether oxygens (including phenoxy) is 1. The molecule has 2 aromatic heterocycles. The predicted octanol–water partition coefficient (Wildman–Crippen LogP) is 3.11. The van der Waals surface area contributed by atoms with Crippen molar-refractivity contribution in [2.75, 3.05) is 0 Å². The lowest BCUT2D eigenvalue weighted by Gasteiger charge is -2.19. The van der Waals surface area contributed by atoms with Crippen molar-refractivity contribution in [3.8, 4) is 11.3 Å². The van der Waals surface area contributed by atoms with Crippen molar-refractivity contribution >= 4 is 17.6 Å². The van der Waals surface area contributed by atoms with Gasteiger partial charge in [-0.3, -0.25) is 0 Å². The van der Waals surface area contributed by atoms with E-state index >= 15 is 0 Å². The first-order valence-electron chi connectivity index (χ1n) is 8.48. The van der Waals surface area contributed by atoms with E-state index in [9.17, 15) is 14.7 Å². The molecule has 0 aliphatic rings. The molecule has 0 saturated carbocycles. The van der Waals surface area contributed by atoms with Crippen LogP contribution in [-0.2, 0) is 11.3 Å². The zero-order valence-corrected chi connectivity index (χ0v) is 15.4. The molecule has 3 aromatic rings. The van der Waals surface area contributed by atoms with Gasteiger partial charge in [0.05, 0.1) is 22.5 Å². The van der Waals surface area contributed by atoms with E-state index in [1.165, 1.54) is 6.07 Å². The van der Waals surface area contributed by atoms with Gasteiger partial charge >= 0.3 is 11.9 Å². The maximum atomic E-state index is 12.3. The Hall–Kier alpha value is -3.19. The van der Waals surface area contributed by atoms with E-state index in [1.807, 2.05) is 0 Å². The molecule has 0 atom stereocenters. The standard InChI is InChI=1S/C20H21N3O4/c1-20(2,3)27-19(26)14-7-8-16-22-17(15(10-21)23(16)11-14)12-5-4-6-13(9-12)18(24)25/h4-9,11H,10,21H2,1-3H3,(H,24,25). The fraction of sp³-hybridized carbons (Fsp3) is 0.250. The fourth-order valence-electron chi connectivity index (χ4n) is 2.78. The average molecular weight is 367 g/mol. The first kappa shape index (κ1) is 18.6. The number of carbonyl (C=O) groups is 2. The molecule has 2 heterocycles. The van der Waals surface area contributed by atoms with E-state index < -0.39 is 17.5 Å². The summed E-state index contributed by atoms with van der Waals surface area (Å²) in [6.07, 6.45) is 1.64.